The van der Waals surface area contributed by atoms with E-state index in [4.69, 9.17) is 14.2 Å². The number of nitrogens with zero attached hydrogens (tertiary/aromatic N) is 1. The molecule has 2 unspecified atom stereocenters. The molecule has 2 N–H and O–H groups in total. The Kier molecular flexibility index (Phi) is 13.2. The average Bonchev–Trinajstić information content (AvgIpc) is 3.16. The predicted molar refractivity (Wildman–Crippen MR) is 120 cm³/mol. The van der Waals surface area contributed by atoms with Crippen LogP contribution in [0.25, 0.3) is 0 Å². The van der Waals surface area contributed by atoms with E-state index in [0.717, 1.165) is 44.9 Å². The van der Waals surface area contributed by atoms with Crippen molar-refractivity contribution in [1.29, 1.82) is 0 Å². The van der Waals surface area contributed by atoms with Crippen molar-refractivity contribution in [1.82, 2.24) is 10.6 Å². The van der Waals surface area contributed by atoms with Crippen molar-refractivity contribution in [2.45, 2.75) is 45.3 Å². The van der Waals surface area contributed by atoms with E-state index < -0.39 is 0 Å². The minimum absolute atomic E-state index is 0. The maximum absolute atomic E-state index is 13.2. The first-order chi connectivity index (χ1) is 13.2. The fraction of sp³-hybridized carbons (Fsp3) is 0.650. The molecule has 8 heteroatoms. The number of halogens is 2. The fourth-order valence-electron chi connectivity index (χ4n) is 2.74. The summed E-state index contributed by atoms with van der Waals surface area (Å²) in [5.41, 5.74) is 0. The van der Waals surface area contributed by atoms with Gasteiger partial charge in [0.05, 0.1) is 19.3 Å². The highest BCUT2D eigenvalue weighted by Crippen LogP contribution is 2.14. The van der Waals surface area contributed by atoms with Crippen molar-refractivity contribution in [3.8, 4) is 5.75 Å². The maximum Gasteiger partial charge on any atom is 0.191 e. The van der Waals surface area contributed by atoms with Crippen LogP contribution in [-0.2, 0) is 9.47 Å². The largest absolute Gasteiger partial charge is 0.489 e. The molecule has 6 nitrogen and oxygen atoms in total. The lowest BCUT2D eigenvalue weighted by molar-refractivity contribution is 0.0168. The van der Waals surface area contributed by atoms with Crippen molar-refractivity contribution in [2.24, 2.45) is 4.99 Å². The minimum Gasteiger partial charge on any atom is -0.489 e. The molecule has 0 saturated carbocycles. The number of ether oxygens (including phenoxy) is 3. The van der Waals surface area contributed by atoms with Gasteiger partial charge in [-0.25, -0.2) is 9.38 Å². The molecule has 1 aliphatic rings. The average molecular weight is 509 g/mol. The monoisotopic (exact) mass is 509 g/mol. The molecule has 1 saturated heterocycles. The molecule has 2 atom stereocenters. The summed E-state index contributed by atoms with van der Waals surface area (Å²) < 4.78 is 30.1. The van der Waals surface area contributed by atoms with Crippen LogP contribution in [0.1, 0.15) is 33.1 Å². The third-order valence-corrected chi connectivity index (χ3v) is 4.07. The molecular weight excluding hydrogens is 476 g/mol. The molecule has 0 radical (unpaired) electrons. The van der Waals surface area contributed by atoms with Gasteiger partial charge < -0.3 is 24.8 Å². The van der Waals surface area contributed by atoms with Crippen molar-refractivity contribution in [2.75, 3.05) is 39.5 Å². The van der Waals surface area contributed by atoms with Gasteiger partial charge in [0, 0.05) is 32.4 Å². The number of aliphatic imine (C=N–C) groups is 1. The van der Waals surface area contributed by atoms with Gasteiger partial charge >= 0.3 is 0 Å². The molecule has 0 aliphatic carbocycles. The molecule has 0 aromatic heterocycles. The second-order valence-electron chi connectivity index (χ2n) is 6.60. The van der Waals surface area contributed by atoms with Crippen LogP contribution in [0, 0.1) is 5.82 Å². The summed E-state index contributed by atoms with van der Waals surface area (Å²) in [5.74, 6) is 0.949. The Morgan fingerprint density at radius 2 is 2.25 bits per heavy atom. The highest BCUT2D eigenvalue weighted by molar-refractivity contribution is 14.0. The number of hydrogen-bond donors (Lipinski definition) is 2. The number of benzene rings is 1. The summed E-state index contributed by atoms with van der Waals surface area (Å²) in [5, 5.41) is 6.50. The van der Waals surface area contributed by atoms with Crippen molar-refractivity contribution in [3.63, 3.8) is 0 Å². The lowest BCUT2D eigenvalue weighted by atomic mass is 10.2. The first-order valence-corrected chi connectivity index (χ1v) is 9.81. The lowest BCUT2D eigenvalue weighted by Gasteiger charge is -2.15. The van der Waals surface area contributed by atoms with Crippen LogP contribution < -0.4 is 15.4 Å². The third kappa shape index (κ3) is 10.4. The summed E-state index contributed by atoms with van der Waals surface area (Å²) in [7, 11) is 0. The van der Waals surface area contributed by atoms with Gasteiger partial charge in [0.1, 0.15) is 17.7 Å². The molecule has 1 aromatic carbocycles. The second-order valence-corrected chi connectivity index (χ2v) is 6.60. The molecule has 160 valence electrons. The maximum atomic E-state index is 13.2. The van der Waals surface area contributed by atoms with Crippen LogP contribution in [-0.4, -0.2) is 57.6 Å². The molecular formula is C20H33FIN3O3. The Bertz CT molecular complexity index is 571. The van der Waals surface area contributed by atoms with Crippen LogP contribution in [0.2, 0.25) is 0 Å². The molecule has 1 aromatic rings. The summed E-state index contributed by atoms with van der Waals surface area (Å²) in [4.78, 5) is 4.53. The zero-order chi connectivity index (χ0) is 19.3. The molecule has 0 amide bonds. The lowest BCUT2D eigenvalue weighted by Crippen LogP contribution is -2.38. The number of nitrogens with one attached hydrogen (secondary N) is 2. The molecule has 0 spiro atoms. The van der Waals surface area contributed by atoms with Crippen molar-refractivity contribution in [3.05, 3.63) is 30.1 Å². The van der Waals surface area contributed by atoms with Crippen molar-refractivity contribution >= 4 is 29.9 Å². The van der Waals surface area contributed by atoms with Gasteiger partial charge in [0.25, 0.3) is 0 Å². The molecule has 1 fully saturated rings. The minimum atomic E-state index is -0.306. The van der Waals surface area contributed by atoms with Crippen LogP contribution in [0.5, 0.6) is 5.75 Å². The zero-order valence-electron chi connectivity index (χ0n) is 16.8. The number of guanidine groups is 1. The van der Waals surface area contributed by atoms with E-state index in [0.29, 0.717) is 25.5 Å². The highest BCUT2D eigenvalue weighted by Gasteiger charge is 2.14. The zero-order valence-corrected chi connectivity index (χ0v) is 19.1. The third-order valence-electron chi connectivity index (χ3n) is 4.07. The predicted octanol–water partition coefficient (Wildman–Crippen LogP) is 3.35. The summed E-state index contributed by atoms with van der Waals surface area (Å²) in [6, 6.07) is 6.14. The smallest absolute Gasteiger partial charge is 0.191 e. The van der Waals surface area contributed by atoms with Gasteiger partial charge in [-0.05, 0) is 45.2 Å². The van der Waals surface area contributed by atoms with Gasteiger partial charge in [-0.2, -0.15) is 0 Å². The SMILES string of the molecule is CCNC(=NCC(C)Oc1cccc(F)c1)NCCCOCC1CCCO1.I. The van der Waals surface area contributed by atoms with E-state index in [1.165, 1.54) is 12.1 Å². The molecule has 0 bridgehead atoms. The van der Waals surface area contributed by atoms with E-state index in [1.807, 2.05) is 13.8 Å². The Morgan fingerprint density at radius 1 is 1.39 bits per heavy atom. The standard InChI is InChI=1S/C20H32FN3O3.HI/c1-3-22-20(23-10-6-11-25-15-19-9-5-12-26-19)24-14-16(2)27-18-8-4-7-17(21)13-18;/h4,7-8,13,16,19H,3,5-6,9-12,14-15H2,1-2H3,(H2,22,23,24);1H. The first kappa shape index (κ1) is 24.9. The first-order valence-electron chi connectivity index (χ1n) is 9.81. The van der Waals surface area contributed by atoms with E-state index >= 15 is 0 Å². The van der Waals surface area contributed by atoms with Crippen LogP contribution in [0.15, 0.2) is 29.3 Å². The Hall–Kier alpha value is -1.13. The van der Waals surface area contributed by atoms with Crippen molar-refractivity contribution < 1.29 is 18.6 Å². The van der Waals surface area contributed by atoms with Crippen LogP contribution in [0.4, 0.5) is 4.39 Å². The Labute approximate surface area is 184 Å². The quantitative estimate of drug-likeness (QED) is 0.207. The molecule has 1 heterocycles. The van der Waals surface area contributed by atoms with Gasteiger partial charge in [-0.1, -0.05) is 6.07 Å². The van der Waals surface area contributed by atoms with E-state index in [2.05, 4.69) is 15.6 Å². The molecule has 2 rings (SSSR count). The van der Waals surface area contributed by atoms with Crippen LogP contribution in [0.3, 0.4) is 0 Å². The van der Waals surface area contributed by atoms with Gasteiger partial charge in [0.2, 0.25) is 0 Å². The summed E-state index contributed by atoms with van der Waals surface area (Å²) in [6.07, 6.45) is 3.26. The van der Waals surface area contributed by atoms with E-state index in [1.54, 1.807) is 12.1 Å². The highest BCUT2D eigenvalue weighted by atomic mass is 127. The van der Waals surface area contributed by atoms with Gasteiger partial charge in [0.15, 0.2) is 5.96 Å². The molecule has 1 aliphatic heterocycles. The topological polar surface area (TPSA) is 64.1 Å². The second kappa shape index (κ2) is 14.8. The van der Waals surface area contributed by atoms with Gasteiger partial charge in [-0.15, -0.1) is 24.0 Å². The summed E-state index contributed by atoms with van der Waals surface area (Å²) >= 11 is 0. The van der Waals surface area contributed by atoms with E-state index in [9.17, 15) is 4.39 Å². The normalized spacial score (nSPS) is 17.7. The number of rotatable bonds is 11. The van der Waals surface area contributed by atoms with Crippen LogP contribution >= 0.6 is 24.0 Å². The van der Waals surface area contributed by atoms with E-state index in [-0.39, 0.29) is 42.0 Å². The fourth-order valence-corrected chi connectivity index (χ4v) is 2.74. The number of hydrogen-bond acceptors (Lipinski definition) is 4. The molecule has 28 heavy (non-hydrogen) atoms. The Balaban J connectivity index is 0.00000392. The summed E-state index contributed by atoms with van der Waals surface area (Å²) in [6.45, 7) is 8.21. The Morgan fingerprint density at radius 3 is 2.96 bits per heavy atom. The van der Waals surface area contributed by atoms with Gasteiger partial charge in [-0.3, -0.25) is 0 Å².